The summed E-state index contributed by atoms with van der Waals surface area (Å²) in [6, 6.07) is 0.310. The lowest BCUT2D eigenvalue weighted by molar-refractivity contribution is -0.121. The maximum Gasteiger partial charge on any atom is 0.221 e. The quantitative estimate of drug-likeness (QED) is 0.642. The maximum absolute atomic E-state index is 11.0. The van der Waals surface area contributed by atoms with Crippen LogP contribution in [-0.4, -0.2) is 26.0 Å². The predicted octanol–water partition coefficient (Wildman–Crippen LogP) is 0.757. The molecule has 2 N–H and O–H groups in total. The summed E-state index contributed by atoms with van der Waals surface area (Å²) in [5.41, 5.74) is 0. The second-order valence-corrected chi connectivity index (χ2v) is 3.49. The third kappa shape index (κ3) is 5.13. The van der Waals surface area contributed by atoms with Gasteiger partial charge in [0.2, 0.25) is 5.91 Å². The first-order chi connectivity index (χ1) is 5.60. The fourth-order valence-electron chi connectivity index (χ4n) is 1.20. The van der Waals surface area contributed by atoms with Crippen LogP contribution in [0.3, 0.4) is 0 Å². The van der Waals surface area contributed by atoms with Gasteiger partial charge in [-0.3, -0.25) is 4.79 Å². The smallest absolute Gasteiger partial charge is 0.221 e. The van der Waals surface area contributed by atoms with Gasteiger partial charge in [0, 0.05) is 19.5 Å². The third-order valence-electron chi connectivity index (χ3n) is 1.87. The highest BCUT2D eigenvalue weighted by Gasteiger charge is 2.11. The molecule has 1 unspecified atom stereocenters. The Morgan fingerprint density at radius 3 is 2.25 bits per heavy atom. The van der Waals surface area contributed by atoms with Crippen molar-refractivity contribution in [3.05, 3.63) is 0 Å². The van der Waals surface area contributed by atoms with E-state index in [1.54, 1.807) is 7.05 Å². The molecule has 0 spiro atoms. The minimum absolute atomic E-state index is 0.106. The number of nitrogens with one attached hydrogen (secondary N) is 2. The van der Waals surface area contributed by atoms with Crippen molar-refractivity contribution < 1.29 is 4.79 Å². The Kier molecular flexibility index (Phi) is 5.72. The summed E-state index contributed by atoms with van der Waals surface area (Å²) in [5, 5.41) is 5.76. The highest BCUT2D eigenvalue weighted by Crippen LogP contribution is 2.06. The predicted molar refractivity (Wildman–Crippen MR) is 51.0 cm³/mol. The third-order valence-corrected chi connectivity index (χ3v) is 1.87. The van der Waals surface area contributed by atoms with Crippen molar-refractivity contribution in [3.8, 4) is 0 Å². The minimum Gasteiger partial charge on any atom is -0.359 e. The molecule has 72 valence electrons. The first kappa shape index (κ1) is 11.4. The molecule has 0 heterocycles. The van der Waals surface area contributed by atoms with Gasteiger partial charge in [0.25, 0.3) is 0 Å². The summed E-state index contributed by atoms with van der Waals surface area (Å²) in [7, 11) is 3.57. The van der Waals surface area contributed by atoms with E-state index in [4.69, 9.17) is 0 Å². The fourth-order valence-corrected chi connectivity index (χ4v) is 1.20. The summed E-state index contributed by atoms with van der Waals surface area (Å²) in [6.07, 6.45) is 1.62. The molecule has 0 rings (SSSR count). The molecule has 3 heteroatoms. The lowest BCUT2D eigenvalue weighted by Gasteiger charge is -2.16. The Morgan fingerprint density at radius 2 is 1.92 bits per heavy atom. The topological polar surface area (TPSA) is 41.1 Å². The van der Waals surface area contributed by atoms with Gasteiger partial charge in [-0.15, -0.1) is 0 Å². The van der Waals surface area contributed by atoms with Crippen molar-refractivity contribution in [2.45, 2.75) is 32.7 Å². The maximum atomic E-state index is 11.0. The second kappa shape index (κ2) is 6.00. The van der Waals surface area contributed by atoms with Crippen molar-refractivity contribution >= 4 is 5.91 Å². The molecule has 0 aliphatic carbocycles. The molecule has 1 atom stereocenters. The lowest BCUT2D eigenvalue weighted by Crippen LogP contribution is -2.33. The van der Waals surface area contributed by atoms with Crippen LogP contribution >= 0.6 is 0 Å². The summed E-state index contributed by atoms with van der Waals surface area (Å²) < 4.78 is 0. The van der Waals surface area contributed by atoms with E-state index in [2.05, 4.69) is 24.5 Å². The summed E-state index contributed by atoms with van der Waals surface area (Å²) in [4.78, 5) is 11.0. The van der Waals surface area contributed by atoms with Crippen LogP contribution in [0.2, 0.25) is 0 Å². The molecule has 0 aromatic carbocycles. The van der Waals surface area contributed by atoms with E-state index in [-0.39, 0.29) is 5.91 Å². The number of hydrogen-bond donors (Lipinski definition) is 2. The monoisotopic (exact) mass is 172 g/mol. The Labute approximate surface area is 74.9 Å². The molecule has 0 bridgehead atoms. The van der Waals surface area contributed by atoms with E-state index in [1.165, 1.54) is 0 Å². The van der Waals surface area contributed by atoms with Gasteiger partial charge in [0.15, 0.2) is 0 Å². The average molecular weight is 172 g/mol. The molecule has 0 saturated carbocycles. The van der Waals surface area contributed by atoms with Gasteiger partial charge in [0.05, 0.1) is 0 Å². The highest BCUT2D eigenvalue weighted by atomic mass is 16.1. The van der Waals surface area contributed by atoms with E-state index in [0.29, 0.717) is 18.4 Å². The van der Waals surface area contributed by atoms with Crippen LogP contribution in [0.25, 0.3) is 0 Å². The van der Waals surface area contributed by atoms with Crippen molar-refractivity contribution in [2.24, 2.45) is 5.92 Å². The van der Waals surface area contributed by atoms with Crippen LogP contribution < -0.4 is 10.6 Å². The molecular formula is C9H20N2O. The molecule has 12 heavy (non-hydrogen) atoms. The number of hydrogen-bond acceptors (Lipinski definition) is 2. The summed E-state index contributed by atoms with van der Waals surface area (Å²) in [5.74, 6) is 0.738. The van der Waals surface area contributed by atoms with Gasteiger partial charge in [-0.1, -0.05) is 13.8 Å². The minimum atomic E-state index is 0.106. The molecule has 0 radical (unpaired) electrons. The molecule has 0 aromatic heterocycles. The number of rotatable bonds is 5. The standard InChI is InChI=1S/C9H20N2O/c1-7(2)5-8(10-3)6-9(12)11-4/h7-8,10H,5-6H2,1-4H3,(H,11,12). The molecule has 0 aliphatic heterocycles. The first-order valence-corrected chi connectivity index (χ1v) is 4.48. The van der Waals surface area contributed by atoms with Crippen LogP contribution in [0.4, 0.5) is 0 Å². The van der Waals surface area contributed by atoms with Gasteiger partial charge in [-0.25, -0.2) is 0 Å². The van der Waals surface area contributed by atoms with Crippen molar-refractivity contribution in [3.63, 3.8) is 0 Å². The van der Waals surface area contributed by atoms with E-state index in [1.807, 2.05) is 7.05 Å². The molecular weight excluding hydrogens is 152 g/mol. The normalized spacial score (nSPS) is 13.1. The SMILES string of the molecule is CNC(=O)CC(CC(C)C)NC. The molecule has 0 aliphatic rings. The first-order valence-electron chi connectivity index (χ1n) is 4.48. The largest absolute Gasteiger partial charge is 0.359 e. The van der Waals surface area contributed by atoms with E-state index in [0.717, 1.165) is 6.42 Å². The number of carbonyl (C=O) groups is 1. The van der Waals surface area contributed by atoms with Crippen LogP contribution in [-0.2, 0) is 4.79 Å². The van der Waals surface area contributed by atoms with Crippen molar-refractivity contribution in [1.29, 1.82) is 0 Å². The Hall–Kier alpha value is -0.570. The Morgan fingerprint density at radius 1 is 1.33 bits per heavy atom. The molecule has 0 fully saturated rings. The molecule has 3 nitrogen and oxygen atoms in total. The van der Waals surface area contributed by atoms with Crippen molar-refractivity contribution in [1.82, 2.24) is 10.6 Å². The van der Waals surface area contributed by atoms with Crippen LogP contribution in [0.5, 0.6) is 0 Å². The van der Waals surface area contributed by atoms with Crippen LogP contribution in [0, 0.1) is 5.92 Å². The molecule has 0 saturated heterocycles. The zero-order valence-electron chi connectivity index (χ0n) is 8.48. The van der Waals surface area contributed by atoms with E-state index < -0.39 is 0 Å². The number of carbonyl (C=O) groups excluding carboxylic acids is 1. The van der Waals surface area contributed by atoms with Gasteiger partial charge in [-0.2, -0.15) is 0 Å². The van der Waals surface area contributed by atoms with Crippen molar-refractivity contribution in [2.75, 3.05) is 14.1 Å². The summed E-state index contributed by atoms with van der Waals surface area (Å²) in [6.45, 7) is 4.32. The number of amides is 1. The lowest BCUT2D eigenvalue weighted by atomic mass is 10.0. The zero-order chi connectivity index (χ0) is 9.56. The van der Waals surface area contributed by atoms with E-state index >= 15 is 0 Å². The van der Waals surface area contributed by atoms with E-state index in [9.17, 15) is 4.79 Å². The Balaban J connectivity index is 3.74. The second-order valence-electron chi connectivity index (χ2n) is 3.49. The van der Waals surface area contributed by atoms with Crippen LogP contribution in [0.1, 0.15) is 26.7 Å². The fraction of sp³-hybridized carbons (Fsp3) is 0.889. The average Bonchev–Trinajstić information content (AvgIpc) is 2.02. The van der Waals surface area contributed by atoms with Gasteiger partial charge in [0.1, 0.15) is 0 Å². The molecule has 1 amide bonds. The van der Waals surface area contributed by atoms with Gasteiger partial charge in [-0.05, 0) is 19.4 Å². The Bertz CT molecular complexity index is 134. The van der Waals surface area contributed by atoms with Crippen LogP contribution in [0.15, 0.2) is 0 Å². The molecule has 0 aromatic rings. The summed E-state index contributed by atoms with van der Waals surface area (Å²) >= 11 is 0. The highest BCUT2D eigenvalue weighted by molar-refractivity contribution is 5.76. The van der Waals surface area contributed by atoms with Gasteiger partial charge >= 0.3 is 0 Å². The van der Waals surface area contributed by atoms with Gasteiger partial charge < -0.3 is 10.6 Å². The zero-order valence-corrected chi connectivity index (χ0v) is 8.48.